The molecule has 1 N–H and O–H groups in total. The highest BCUT2D eigenvalue weighted by Crippen LogP contribution is 2.26. The number of amides is 3. The molecule has 4 atom stereocenters. The first-order valence-electron chi connectivity index (χ1n) is 13.3. The molecular weight excluding hydrogens is 458 g/mol. The fourth-order valence-corrected chi connectivity index (χ4v) is 4.76. The zero-order chi connectivity index (χ0) is 26.8. The van der Waals surface area contributed by atoms with Crippen molar-refractivity contribution < 1.29 is 23.9 Å². The summed E-state index contributed by atoms with van der Waals surface area (Å²) in [5.74, 6) is 0.680. The van der Waals surface area contributed by atoms with Gasteiger partial charge in [-0.15, -0.1) is 0 Å². The van der Waals surface area contributed by atoms with Gasteiger partial charge in [-0.25, -0.2) is 0 Å². The van der Waals surface area contributed by atoms with Crippen LogP contribution in [-0.4, -0.2) is 73.5 Å². The summed E-state index contributed by atoms with van der Waals surface area (Å²) in [5, 5.41) is 2.96. The van der Waals surface area contributed by atoms with E-state index in [0.717, 1.165) is 32.1 Å². The molecule has 3 amide bonds. The van der Waals surface area contributed by atoms with Crippen LogP contribution in [-0.2, 0) is 9.59 Å². The Bertz CT molecular complexity index is 890. The molecule has 0 bridgehead atoms. The van der Waals surface area contributed by atoms with Crippen LogP contribution in [0.2, 0.25) is 0 Å². The molecule has 36 heavy (non-hydrogen) atoms. The smallest absolute Gasteiger partial charge is 0.255 e. The molecule has 0 aliphatic carbocycles. The van der Waals surface area contributed by atoms with Gasteiger partial charge in [0.15, 0.2) is 0 Å². The minimum Gasteiger partial charge on any atom is -0.497 e. The molecule has 1 fully saturated rings. The molecule has 1 aromatic carbocycles. The van der Waals surface area contributed by atoms with E-state index in [1.54, 1.807) is 30.2 Å². The second-order valence-electron chi connectivity index (χ2n) is 9.82. The van der Waals surface area contributed by atoms with Crippen LogP contribution >= 0.6 is 0 Å². The van der Waals surface area contributed by atoms with Crippen LogP contribution in [0.15, 0.2) is 18.2 Å². The zero-order valence-corrected chi connectivity index (χ0v) is 23.1. The first kappa shape index (κ1) is 29.5. The Morgan fingerprint density at radius 1 is 1.06 bits per heavy atom. The van der Waals surface area contributed by atoms with Crippen molar-refractivity contribution in [2.45, 2.75) is 78.8 Å². The molecule has 8 heteroatoms. The third-order valence-electron chi connectivity index (χ3n) is 7.39. The molecule has 0 spiro atoms. The summed E-state index contributed by atoms with van der Waals surface area (Å²) in [7, 11) is 3.05. The Morgan fingerprint density at radius 3 is 2.33 bits per heavy atom. The van der Waals surface area contributed by atoms with Crippen LogP contribution in [0.3, 0.4) is 0 Å². The van der Waals surface area contributed by atoms with Crippen molar-refractivity contribution >= 4 is 17.7 Å². The number of carbonyl (C=O) groups excluding carboxylic acids is 3. The Kier molecular flexibility index (Phi) is 11.5. The number of unbranched alkanes of at least 4 members (excludes halogenated alkanes) is 1. The number of hydrogen-bond acceptors (Lipinski definition) is 5. The number of methoxy groups -OCH3 is 2. The van der Waals surface area contributed by atoms with Gasteiger partial charge >= 0.3 is 0 Å². The van der Waals surface area contributed by atoms with Gasteiger partial charge < -0.3 is 24.6 Å². The highest BCUT2D eigenvalue weighted by Gasteiger charge is 2.36. The number of rotatable bonds is 12. The predicted molar refractivity (Wildman–Crippen MR) is 141 cm³/mol. The third kappa shape index (κ3) is 7.14. The van der Waals surface area contributed by atoms with Crippen molar-refractivity contribution in [1.29, 1.82) is 0 Å². The van der Waals surface area contributed by atoms with E-state index in [-0.39, 0.29) is 35.6 Å². The van der Waals surface area contributed by atoms with Gasteiger partial charge in [0.1, 0.15) is 17.5 Å². The average Bonchev–Trinajstić information content (AvgIpc) is 2.90. The van der Waals surface area contributed by atoms with Crippen LogP contribution < -0.4 is 14.8 Å². The molecule has 8 nitrogen and oxygen atoms in total. The van der Waals surface area contributed by atoms with Gasteiger partial charge in [0, 0.05) is 37.7 Å². The summed E-state index contributed by atoms with van der Waals surface area (Å²) in [6.07, 6.45) is 4.61. The van der Waals surface area contributed by atoms with E-state index in [2.05, 4.69) is 19.2 Å². The first-order chi connectivity index (χ1) is 17.2. The zero-order valence-electron chi connectivity index (χ0n) is 23.1. The van der Waals surface area contributed by atoms with E-state index >= 15 is 0 Å². The van der Waals surface area contributed by atoms with E-state index in [0.29, 0.717) is 36.7 Å². The van der Waals surface area contributed by atoms with Gasteiger partial charge in [0.25, 0.3) is 5.91 Å². The summed E-state index contributed by atoms with van der Waals surface area (Å²) in [5.41, 5.74) is 0.348. The molecule has 1 aromatic rings. The number of hydrogen-bond donors (Lipinski definition) is 1. The molecule has 202 valence electrons. The molecule has 2 rings (SSSR count). The number of piperazine rings is 1. The average molecular weight is 504 g/mol. The molecule has 0 aromatic heterocycles. The summed E-state index contributed by atoms with van der Waals surface area (Å²) in [4.78, 5) is 43.7. The lowest BCUT2D eigenvalue weighted by atomic mass is 9.95. The number of nitrogens with zero attached hydrogens (tertiary/aromatic N) is 2. The molecule has 0 unspecified atom stereocenters. The van der Waals surface area contributed by atoms with Crippen molar-refractivity contribution in [3.05, 3.63) is 23.8 Å². The number of nitrogens with one attached hydrogen (secondary N) is 1. The van der Waals surface area contributed by atoms with Gasteiger partial charge in [-0.1, -0.05) is 47.0 Å². The third-order valence-corrected chi connectivity index (χ3v) is 7.39. The molecule has 1 aliphatic heterocycles. The topological polar surface area (TPSA) is 88.2 Å². The van der Waals surface area contributed by atoms with Crippen LogP contribution in [0.1, 0.15) is 77.1 Å². The van der Waals surface area contributed by atoms with Gasteiger partial charge in [-0.2, -0.15) is 0 Å². The number of benzene rings is 1. The van der Waals surface area contributed by atoms with Crippen LogP contribution in [0, 0.1) is 11.8 Å². The Morgan fingerprint density at radius 2 is 1.78 bits per heavy atom. The molecule has 0 radical (unpaired) electrons. The maximum Gasteiger partial charge on any atom is 0.255 e. The normalized spacial score (nSPS) is 18.2. The van der Waals surface area contributed by atoms with E-state index < -0.39 is 6.04 Å². The van der Waals surface area contributed by atoms with E-state index in [1.807, 2.05) is 25.7 Å². The quantitative estimate of drug-likeness (QED) is 0.464. The lowest BCUT2D eigenvalue weighted by Gasteiger charge is -2.42. The molecule has 1 saturated heterocycles. The maximum atomic E-state index is 13.6. The fraction of sp³-hybridized carbons (Fsp3) is 0.679. The van der Waals surface area contributed by atoms with Crippen LogP contribution in [0.4, 0.5) is 0 Å². The molecular formula is C28H45N3O5. The predicted octanol–water partition coefficient (Wildman–Crippen LogP) is 4.12. The minimum absolute atomic E-state index is 0.0429. The standard InChI is InChI=1S/C28H45N3O5/c1-8-11-12-21(10-3)27(33)31-16-15-30(18-20(31)5)28(34)25(19(4)9-2)29-26(32)23-14-13-22(35-6)17-24(23)36-7/h13-14,17,19-21,25H,8-12,15-16,18H2,1-7H3,(H,29,32)/t19-,20-,21-,25+/m0/s1. The van der Waals surface area contributed by atoms with Gasteiger partial charge in [0.2, 0.25) is 11.8 Å². The van der Waals surface area contributed by atoms with Crippen molar-refractivity contribution in [2.24, 2.45) is 11.8 Å². The molecule has 1 heterocycles. The molecule has 0 saturated carbocycles. The second kappa shape index (κ2) is 14.1. The Balaban J connectivity index is 2.14. The summed E-state index contributed by atoms with van der Waals surface area (Å²) >= 11 is 0. The summed E-state index contributed by atoms with van der Waals surface area (Å²) in [6.45, 7) is 11.6. The van der Waals surface area contributed by atoms with Gasteiger partial charge in [-0.3, -0.25) is 14.4 Å². The summed E-state index contributed by atoms with van der Waals surface area (Å²) in [6, 6.07) is 4.24. The van der Waals surface area contributed by atoms with Crippen molar-refractivity contribution in [3.63, 3.8) is 0 Å². The van der Waals surface area contributed by atoms with Gasteiger partial charge in [-0.05, 0) is 37.8 Å². The summed E-state index contributed by atoms with van der Waals surface area (Å²) < 4.78 is 10.6. The highest BCUT2D eigenvalue weighted by atomic mass is 16.5. The lowest BCUT2D eigenvalue weighted by Crippen LogP contribution is -2.60. The monoisotopic (exact) mass is 503 g/mol. The fourth-order valence-electron chi connectivity index (χ4n) is 4.76. The lowest BCUT2D eigenvalue weighted by molar-refractivity contribution is -0.146. The minimum atomic E-state index is -0.670. The van der Waals surface area contributed by atoms with E-state index in [4.69, 9.17) is 9.47 Å². The number of ether oxygens (including phenoxy) is 2. The van der Waals surface area contributed by atoms with Crippen molar-refractivity contribution in [1.82, 2.24) is 15.1 Å². The largest absolute Gasteiger partial charge is 0.497 e. The van der Waals surface area contributed by atoms with Crippen molar-refractivity contribution in [2.75, 3.05) is 33.9 Å². The van der Waals surface area contributed by atoms with Crippen LogP contribution in [0.25, 0.3) is 0 Å². The second-order valence-corrected chi connectivity index (χ2v) is 9.82. The van der Waals surface area contributed by atoms with E-state index in [9.17, 15) is 14.4 Å². The Labute approximate surface area is 216 Å². The highest BCUT2D eigenvalue weighted by molar-refractivity contribution is 6.00. The van der Waals surface area contributed by atoms with Crippen LogP contribution in [0.5, 0.6) is 11.5 Å². The number of carbonyl (C=O) groups is 3. The maximum absolute atomic E-state index is 13.6. The Hall–Kier alpha value is -2.77. The first-order valence-corrected chi connectivity index (χ1v) is 13.3. The SMILES string of the molecule is CCCC[C@H](CC)C(=O)N1CCN(C(=O)[C@H](NC(=O)c2ccc(OC)cc2OC)[C@@H](C)CC)C[C@@H]1C. The van der Waals surface area contributed by atoms with Crippen molar-refractivity contribution in [3.8, 4) is 11.5 Å². The van der Waals surface area contributed by atoms with E-state index in [1.165, 1.54) is 7.11 Å². The molecule has 1 aliphatic rings. The van der Waals surface area contributed by atoms with Gasteiger partial charge in [0.05, 0.1) is 19.8 Å².